The fraction of sp³-hybridized carbons (Fsp3) is 0.462. The fourth-order valence-electron chi connectivity index (χ4n) is 5.18. The molecule has 9 nitrogen and oxygen atoms in total. The van der Waals surface area contributed by atoms with Crippen molar-refractivity contribution in [2.24, 2.45) is 5.92 Å². The van der Waals surface area contributed by atoms with Gasteiger partial charge < -0.3 is 25.4 Å². The van der Waals surface area contributed by atoms with Gasteiger partial charge in [-0.2, -0.15) is 0 Å². The Kier molecular flexibility index (Phi) is 6.42. The maximum Gasteiger partial charge on any atom is 0.280 e. The molecule has 0 radical (unpaired) electrons. The van der Waals surface area contributed by atoms with Crippen LogP contribution in [0.5, 0.6) is 0 Å². The Balaban J connectivity index is 1.19. The van der Waals surface area contributed by atoms with Gasteiger partial charge in [0.25, 0.3) is 11.8 Å². The Hall–Kier alpha value is -2.95. The van der Waals surface area contributed by atoms with E-state index in [1.54, 1.807) is 18.2 Å². The number of H-pyrrole nitrogens is 1. The molecular formula is C26H29ClN6O3S. The minimum atomic E-state index is -0.421. The number of thiazole rings is 1. The number of nitrogens with zero attached hydrogens (tertiary/aromatic N) is 3. The normalized spacial score (nSPS) is 22.1. The molecule has 2 fully saturated rings. The van der Waals surface area contributed by atoms with Gasteiger partial charge in [0.15, 0.2) is 5.01 Å². The lowest BCUT2D eigenvalue weighted by Crippen LogP contribution is -2.61. The number of nitrogens with one attached hydrogen (secondary N) is 3. The average Bonchev–Trinajstić information content (AvgIpc) is 3.50. The summed E-state index contributed by atoms with van der Waals surface area (Å²) in [5, 5.41) is 8.08. The number of aromatic amines is 1. The summed E-state index contributed by atoms with van der Waals surface area (Å²) in [6.07, 6.45) is 3.24. The van der Waals surface area contributed by atoms with Crippen molar-refractivity contribution in [3.8, 4) is 0 Å². The maximum atomic E-state index is 13.3. The third kappa shape index (κ3) is 5.10. The van der Waals surface area contributed by atoms with E-state index in [-0.39, 0.29) is 29.7 Å². The molecule has 194 valence electrons. The number of likely N-dealkylation sites (N-methyl/N-ethyl adjacent to an activating group) is 1. The van der Waals surface area contributed by atoms with E-state index in [2.05, 4.69) is 32.5 Å². The number of carbonyl (C=O) groups is 3. The maximum absolute atomic E-state index is 13.3. The van der Waals surface area contributed by atoms with Crippen LogP contribution in [0.3, 0.4) is 0 Å². The van der Waals surface area contributed by atoms with Gasteiger partial charge in [0.05, 0.1) is 17.8 Å². The predicted octanol–water partition coefficient (Wildman–Crippen LogP) is 2.81. The van der Waals surface area contributed by atoms with E-state index < -0.39 is 6.04 Å². The third-order valence-corrected chi connectivity index (χ3v) is 8.74. The van der Waals surface area contributed by atoms with Crippen LogP contribution in [0.1, 0.15) is 50.1 Å². The van der Waals surface area contributed by atoms with E-state index in [0.29, 0.717) is 35.2 Å². The number of fused-ring (bicyclic) bond motifs is 2. The molecule has 2 atom stereocenters. The molecule has 11 heteroatoms. The van der Waals surface area contributed by atoms with Gasteiger partial charge in [0.2, 0.25) is 5.91 Å². The number of halogens is 1. The number of hydrogen-bond donors (Lipinski definition) is 3. The average molecular weight is 541 g/mol. The molecule has 37 heavy (non-hydrogen) atoms. The Morgan fingerprint density at radius 1 is 1.08 bits per heavy atom. The monoisotopic (exact) mass is 540 g/mol. The quantitative estimate of drug-likeness (QED) is 0.461. The van der Waals surface area contributed by atoms with Crippen molar-refractivity contribution in [3.63, 3.8) is 0 Å². The first-order valence-corrected chi connectivity index (χ1v) is 13.9. The van der Waals surface area contributed by atoms with E-state index in [4.69, 9.17) is 11.6 Å². The van der Waals surface area contributed by atoms with Crippen molar-refractivity contribution < 1.29 is 14.4 Å². The van der Waals surface area contributed by atoms with Gasteiger partial charge in [0.1, 0.15) is 5.69 Å². The van der Waals surface area contributed by atoms with Crippen LogP contribution in [-0.2, 0) is 17.8 Å². The lowest BCUT2D eigenvalue weighted by Gasteiger charge is -2.39. The number of amides is 3. The molecule has 2 aromatic heterocycles. The molecule has 4 heterocycles. The topological polar surface area (TPSA) is 110 Å². The van der Waals surface area contributed by atoms with Crippen LogP contribution in [-0.4, -0.2) is 76.3 Å². The molecule has 3 aromatic rings. The van der Waals surface area contributed by atoms with Crippen LogP contribution in [0.15, 0.2) is 24.3 Å². The number of aromatic nitrogens is 2. The summed E-state index contributed by atoms with van der Waals surface area (Å²) in [5.74, 6) is -0.272. The van der Waals surface area contributed by atoms with Gasteiger partial charge >= 0.3 is 0 Å². The molecule has 3 amide bonds. The number of piperidine rings is 1. The highest BCUT2D eigenvalue weighted by molar-refractivity contribution is 7.13. The number of carbonyl (C=O) groups excluding carboxylic acids is 3. The predicted molar refractivity (Wildman–Crippen MR) is 142 cm³/mol. The first-order valence-electron chi connectivity index (χ1n) is 12.7. The number of rotatable bonds is 5. The zero-order chi connectivity index (χ0) is 25.7. The first-order chi connectivity index (χ1) is 17.8. The zero-order valence-electron chi connectivity index (χ0n) is 20.6. The van der Waals surface area contributed by atoms with Crippen molar-refractivity contribution in [2.45, 2.75) is 44.3 Å². The summed E-state index contributed by atoms with van der Waals surface area (Å²) in [6, 6.07) is 6.44. The number of hydrogen-bond acceptors (Lipinski definition) is 6. The zero-order valence-corrected chi connectivity index (χ0v) is 22.1. The molecule has 3 N–H and O–H groups in total. The molecule has 1 aromatic carbocycles. The summed E-state index contributed by atoms with van der Waals surface area (Å²) in [7, 11) is 2.06. The lowest BCUT2D eigenvalue weighted by atomic mass is 9.98. The summed E-state index contributed by atoms with van der Waals surface area (Å²) < 4.78 is 0. The molecule has 0 bridgehead atoms. The Morgan fingerprint density at radius 2 is 1.89 bits per heavy atom. The second-order valence-corrected chi connectivity index (χ2v) is 11.8. The molecule has 0 unspecified atom stereocenters. The SMILES string of the molecule is CN1CCc2nc(C(=O)N[C@@H]3CN(C(=O)C4CC4)CC[C@@H]3NC(=O)c3cc4cc(Cl)ccc4[nH]3)sc2C1. The highest BCUT2D eigenvalue weighted by atomic mass is 35.5. The van der Waals surface area contributed by atoms with Gasteiger partial charge in [-0.05, 0) is 50.6 Å². The Bertz CT molecular complexity index is 1380. The van der Waals surface area contributed by atoms with Gasteiger partial charge in [-0.25, -0.2) is 4.98 Å². The van der Waals surface area contributed by atoms with Crippen molar-refractivity contribution in [3.05, 3.63) is 50.6 Å². The summed E-state index contributed by atoms with van der Waals surface area (Å²) >= 11 is 7.52. The largest absolute Gasteiger partial charge is 0.351 e. The van der Waals surface area contributed by atoms with Crippen LogP contribution < -0.4 is 10.6 Å². The van der Waals surface area contributed by atoms with Crippen LogP contribution in [0.4, 0.5) is 0 Å². The minimum absolute atomic E-state index is 0.100. The van der Waals surface area contributed by atoms with Crippen molar-refractivity contribution >= 4 is 51.6 Å². The Labute approximate surface area is 223 Å². The molecule has 3 aliphatic rings. The van der Waals surface area contributed by atoms with Crippen molar-refractivity contribution in [2.75, 3.05) is 26.7 Å². The summed E-state index contributed by atoms with van der Waals surface area (Å²) in [4.78, 5) is 52.2. The van der Waals surface area contributed by atoms with Crippen molar-refractivity contribution in [1.82, 2.24) is 30.4 Å². The standard InChI is InChI=1S/C26H29ClN6O3S/c1-32-8-6-19-22(13-32)37-25(31-19)24(35)30-21-12-33(26(36)14-2-3-14)9-7-18(21)29-23(34)20-11-15-10-16(27)4-5-17(15)28-20/h4-5,10-11,14,18,21,28H,2-3,6-9,12-13H2,1H3,(H,29,34)(H,30,35)/t18-,21+/m0/s1. The van der Waals surface area contributed by atoms with Crippen LogP contribution in [0.2, 0.25) is 5.02 Å². The second-order valence-electron chi connectivity index (χ2n) is 10.3. The highest BCUT2D eigenvalue weighted by Gasteiger charge is 2.39. The lowest BCUT2D eigenvalue weighted by molar-refractivity contribution is -0.134. The van der Waals surface area contributed by atoms with Crippen LogP contribution in [0, 0.1) is 5.92 Å². The minimum Gasteiger partial charge on any atom is -0.351 e. The number of likely N-dealkylation sites (tertiary alicyclic amines) is 1. The van der Waals surface area contributed by atoms with Gasteiger partial charge in [-0.15, -0.1) is 11.3 Å². The molecule has 1 saturated heterocycles. The highest BCUT2D eigenvalue weighted by Crippen LogP contribution is 2.32. The summed E-state index contributed by atoms with van der Waals surface area (Å²) in [6.45, 7) is 2.63. The Morgan fingerprint density at radius 3 is 2.70 bits per heavy atom. The third-order valence-electron chi connectivity index (χ3n) is 7.43. The van der Waals surface area contributed by atoms with Crippen LogP contribution in [0.25, 0.3) is 10.9 Å². The fourth-order valence-corrected chi connectivity index (χ4v) is 6.45. The van der Waals surface area contributed by atoms with Crippen LogP contribution >= 0.6 is 22.9 Å². The molecular weight excluding hydrogens is 512 g/mol. The first kappa shape index (κ1) is 24.4. The molecule has 1 saturated carbocycles. The second kappa shape index (κ2) is 9.74. The van der Waals surface area contributed by atoms with E-state index in [1.807, 2.05) is 11.0 Å². The van der Waals surface area contributed by atoms with E-state index in [0.717, 1.165) is 53.8 Å². The summed E-state index contributed by atoms with van der Waals surface area (Å²) in [5.41, 5.74) is 2.24. The molecule has 1 aliphatic carbocycles. The molecule has 2 aliphatic heterocycles. The van der Waals surface area contributed by atoms with Gasteiger partial charge in [0, 0.05) is 59.3 Å². The molecule has 6 rings (SSSR count). The molecule has 0 spiro atoms. The van der Waals surface area contributed by atoms with Gasteiger partial charge in [-0.3, -0.25) is 14.4 Å². The van der Waals surface area contributed by atoms with E-state index in [1.165, 1.54) is 11.3 Å². The van der Waals surface area contributed by atoms with E-state index >= 15 is 0 Å². The number of benzene rings is 1. The van der Waals surface area contributed by atoms with Gasteiger partial charge in [-0.1, -0.05) is 11.6 Å². The smallest absolute Gasteiger partial charge is 0.280 e. The van der Waals surface area contributed by atoms with E-state index in [9.17, 15) is 14.4 Å². The van der Waals surface area contributed by atoms with Crippen molar-refractivity contribution in [1.29, 1.82) is 0 Å².